The summed E-state index contributed by atoms with van der Waals surface area (Å²) in [6.07, 6.45) is 1.94. The summed E-state index contributed by atoms with van der Waals surface area (Å²) >= 11 is 0. The lowest BCUT2D eigenvalue weighted by atomic mass is 9.78. The van der Waals surface area contributed by atoms with Crippen molar-refractivity contribution in [2.75, 3.05) is 16.5 Å². The van der Waals surface area contributed by atoms with Crippen molar-refractivity contribution in [2.24, 2.45) is 0 Å². The van der Waals surface area contributed by atoms with Gasteiger partial charge in [0.15, 0.2) is 0 Å². The number of pyridine rings is 1. The molecule has 10 aromatic rings. The number of nitrogens with zero attached hydrogens (tertiary/aromatic N) is 4. The van der Waals surface area contributed by atoms with Crippen molar-refractivity contribution in [3.05, 3.63) is 240 Å². The van der Waals surface area contributed by atoms with Gasteiger partial charge in [0.2, 0.25) is 0 Å². The van der Waals surface area contributed by atoms with E-state index >= 15 is 0 Å². The Bertz CT molecular complexity index is 3460. The third-order valence-electron chi connectivity index (χ3n) is 14.3. The van der Waals surface area contributed by atoms with Crippen LogP contribution in [0.1, 0.15) is 75.3 Å². The van der Waals surface area contributed by atoms with E-state index in [4.69, 9.17) is 9.72 Å². The van der Waals surface area contributed by atoms with Crippen molar-refractivity contribution in [3.8, 4) is 28.4 Å². The van der Waals surface area contributed by atoms with Gasteiger partial charge in [-0.3, -0.25) is 4.57 Å². The van der Waals surface area contributed by atoms with E-state index in [1.54, 1.807) is 0 Å². The molecule has 0 fully saturated rings. The Morgan fingerprint density at radius 2 is 1.07 bits per heavy atom. The zero-order chi connectivity index (χ0) is 46.6. The van der Waals surface area contributed by atoms with Crippen LogP contribution in [-0.2, 0) is 10.8 Å². The fraction of sp³-hybridized carbons (Fsp3) is 0.159. The molecule has 0 spiro atoms. The third-order valence-corrected chi connectivity index (χ3v) is 14.3. The molecule has 0 amide bonds. The van der Waals surface area contributed by atoms with Crippen LogP contribution in [0.25, 0.3) is 38.8 Å². The molecule has 3 heterocycles. The molecule has 5 nitrogen and oxygen atoms in total. The molecule has 0 saturated carbocycles. The number of anilines is 4. The third kappa shape index (κ3) is 7.58. The lowest BCUT2D eigenvalue weighted by Gasteiger charge is -2.28. The molecular weight excluding hydrogens is 829 g/mol. The number of para-hydroxylation sites is 3. The van der Waals surface area contributed by atoms with Gasteiger partial charge in [-0.25, -0.2) is 4.98 Å². The molecule has 8 aromatic carbocycles. The molecule has 1 aliphatic rings. The van der Waals surface area contributed by atoms with Gasteiger partial charge in [0.1, 0.15) is 24.0 Å². The van der Waals surface area contributed by atoms with E-state index in [9.17, 15) is 0 Å². The molecule has 0 atom stereocenters. The molecule has 11 rings (SSSR count). The minimum absolute atomic E-state index is 0.169. The Morgan fingerprint density at radius 1 is 0.471 bits per heavy atom. The van der Waals surface area contributed by atoms with Crippen LogP contribution in [0.2, 0.25) is 0 Å². The van der Waals surface area contributed by atoms with Crippen LogP contribution in [0.15, 0.2) is 212 Å². The Morgan fingerprint density at radius 3 is 1.79 bits per heavy atom. The fourth-order valence-corrected chi connectivity index (χ4v) is 10.3. The minimum atomic E-state index is -0.223. The number of hydrogen-bond donors (Lipinski definition) is 0. The summed E-state index contributed by atoms with van der Waals surface area (Å²) in [7, 11) is 0. The molecule has 0 unspecified atom stereocenters. The lowest BCUT2D eigenvalue weighted by molar-refractivity contribution is 0.483. The standard InChI is InChI=1S/C63H56N4O/c1-43(2)53-26-13-14-27-54(53)44-36-50(66-42-65(58-30-17-18-31-59(58)66)49-25-19-24-47(38-49)62(3,4)45-20-9-7-10-21-45)40-52(37-44)68-51-32-33-56-55-28-15-16-29-57(55)67(60(56)41-51)61-39-48(34-35-64-61)63(5,6)46-22-11-8-12-23-46/h7-41,43H,42H2,1-6H3. The lowest BCUT2D eigenvalue weighted by Crippen LogP contribution is -2.25. The number of hydrogen-bond acceptors (Lipinski definition) is 4. The zero-order valence-corrected chi connectivity index (χ0v) is 39.7. The first kappa shape index (κ1) is 42.7. The predicted octanol–water partition coefficient (Wildman–Crippen LogP) is 16.7. The topological polar surface area (TPSA) is 33.5 Å². The normalized spacial score (nSPS) is 12.9. The maximum atomic E-state index is 7.09. The van der Waals surface area contributed by atoms with E-state index in [1.165, 1.54) is 44.5 Å². The highest BCUT2D eigenvalue weighted by atomic mass is 16.5. The van der Waals surface area contributed by atoms with Crippen molar-refractivity contribution < 1.29 is 4.74 Å². The van der Waals surface area contributed by atoms with E-state index in [0.717, 1.165) is 56.4 Å². The Balaban J connectivity index is 1.01. The van der Waals surface area contributed by atoms with Crippen LogP contribution in [-0.4, -0.2) is 16.2 Å². The molecule has 68 heavy (non-hydrogen) atoms. The highest BCUT2D eigenvalue weighted by Gasteiger charge is 2.31. The Kier molecular flexibility index (Phi) is 10.7. The molecule has 0 saturated heterocycles. The monoisotopic (exact) mass is 884 g/mol. The molecule has 2 aromatic heterocycles. The molecule has 0 radical (unpaired) electrons. The number of rotatable bonds is 11. The number of fused-ring (bicyclic) bond motifs is 4. The highest BCUT2D eigenvalue weighted by Crippen LogP contribution is 2.48. The first-order chi connectivity index (χ1) is 33.0. The molecule has 0 aliphatic carbocycles. The van der Waals surface area contributed by atoms with Gasteiger partial charge in [0.25, 0.3) is 0 Å². The maximum absolute atomic E-state index is 7.09. The number of aromatic nitrogens is 2. The molecular formula is C63H56N4O. The summed E-state index contributed by atoms with van der Waals surface area (Å²) in [6.45, 7) is 14.4. The predicted molar refractivity (Wildman–Crippen MR) is 284 cm³/mol. The van der Waals surface area contributed by atoms with Gasteiger partial charge < -0.3 is 14.5 Å². The largest absolute Gasteiger partial charge is 0.457 e. The van der Waals surface area contributed by atoms with Crippen LogP contribution in [0.4, 0.5) is 22.7 Å². The highest BCUT2D eigenvalue weighted by molar-refractivity contribution is 6.09. The quantitative estimate of drug-likeness (QED) is 0.130. The van der Waals surface area contributed by atoms with Gasteiger partial charge in [-0.1, -0.05) is 169 Å². The van der Waals surface area contributed by atoms with Crippen LogP contribution in [0, 0.1) is 0 Å². The van der Waals surface area contributed by atoms with Gasteiger partial charge >= 0.3 is 0 Å². The SMILES string of the molecule is CC(C)c1ccccc1-c1cc(Oc2ccc3c4ccccc4n(-c4cc(C(C)(C)c5ccccc5)ccn4)c3c2)cc(N2CN(c3cccc(C(C)(C)c4ccccc4)c3)c3ccccc32)c1. The average Bonchev–Trinajstić information content (AvgIpc) is 3.93. The second-order valence-electron chi connectivity index (χ2n) is 19.5. The molecule has 1 aliphatic heterocycles. The van der Waals surface area contributed by atoms with Crippen LogP contribution < -0.4 is 14.5 Å². The Hall–Kier alpha value is -7.89. The van der Waals surface area contributed by atoms with Gasteiger partial charge in [-0.15, -0.1) is 0 Å². The van der Waals surface area contributed by atoms with E-state index in [-0.39, 0.29) is 10.8 Å². The van der Waals surface area contributed by atoms with Crippen LogP contribution in [0.5, 0.6) is 11.5 Å². The van der Waals surface area contributed by atoms with E-state index < -0.39 is 0 Å². The van der Waals surface area contributed by atoms with E-state index in [0.29, 0.717) is 12.6 Å². The number of ether oxygens (including phenoxy) is 1. The zero-order valence-electron chi connectivity index (χ0n) is 39.7. The molecule has 0 N–H and O–H groups in total. The van der Waals surface area contributed by atoms with Crippen molar-refractivity contribution >= 4 is 44.6 Å². The van der Waals surface area contributed by atoms with Gasteiger partial charge in [-0.2, -0.15) is 0 Å². The smallest absolute Gasteiger partial charge is 0.137 e. The van der Waals surface area contributed by atoms with Gasteiger partial charge in [-0.05, 0) is 112 Å². The van der Waals surface area contributed by atoms with Crippen LogP contribution >= 0.6 is 0 Å². The second kappa shape index (κ2) is 17.1. The number of benzene rings is 8. The van der Waals surface area contributed by atoms with Crippen LogP contribution in [0.3, 0.4) is 0 Å². The maximum Gasteiger partial charge on any atom is 0.137 e. The summed E-state index contributed by atoms with van der Waals surface area (Å²) in [5.41, 5.74) is 14.9. The van der Waals surface area contributed by atoms with Crippen molar-refractivity contribution in [1.29, 1.82) is 0 Å². The summed E-state index contributed by atoms with van der Waals surface area (Å²) in [6, 6.07) is 74.3. The van der Waals surface area contributed by atoms with Crippen molar-refractivity contribution in [3.63, 3.8) is 0 Å². The van der Waals surface area contributed by atoms with Gasteiger partial charge in [0, 0.05) is 51.3 Å². The van der Waals surface area contributed by atoms with E-state index in [1.807, 2.05) is 6.20 Å². The fourth-order valence-electron chi connectivity index (χ4n) is 10.3. The van der Waals surface area contributed by atoms with Crippen molar-refractivity contribution in [1.82, 2.24) is 9.55 Å². The minimum Gasteiger partial charge on any atom is -0.457 e. The van der Waals surface area contributed by atoms with E-state index in [2.05, 4.69) is 262 Å². The Labute approximate surface area is 400 Å². The summed E-state index contributed by atoms with van der Waals surface area (Å²) < 4.78 is 9.38. The molecule has 334 valence electrons. The molecule has 0 bridgehead atoms. The summed E-state index contributed by atoms with van der Waals surface area (Å²) in [5, 5.41) is 2.32. The summed E-state index contributed by atoms with van der Waals surface area (Å²) in [5.74, 6) is 2.73. The molecule has 5 heteroatoms. The second-order valence-corrected chi connectivity index (χ2v) is 19.5. The van der Waals surface area contributed by atoms with Crippen molar-refractivity contribution in [2.45, 2.75) is 58.3 Å². The average molecular weight is 885 g/mol. The first-order valence-electron chi connectivity index (χ1n) is 23.8. The van der Waals surface area contributed by atoms with Gasteiger partial charge in [0.05, 0.1) is 22.4 Å². The summed E-state index contributed by atoms with van der Waals surface area (Å²) in [4.78, 5) is 9.88. The first-order valence-corrected chi connectivity index (χ1v) is 23.8.